The Morgan fingerprint density at radius 2 is 1.57 bits per heavy atom. The second kappa shape index (κ2) is 4.16. The van der Waals surface area contributed by atoms with Crippen LogP contribution >= 0.6 is 35.0 Å². The summed E-state index contributed by atoms with van der Waals surface area (Å²) in [6.45, 7) is 0. The summed E-state index contributed by atoms with van der Waals surface area (Å²) in [5, 5.41) is -0.699. The minimum atomic E-state index is -4.59. The molecule has 0 aliphatic heterocycles. The van der Waals surface area contributed by atoms with Crippen molar-refractivity contribution in [3.63, 3.8) is 0 Å². The lowest BCUT2D eigenvalue weighted by Gasteiger charge is -2.08. The van der Waals surface area contributed by atoms with E-state index >= 15 is 0 Å². The van der Waals surface area contributed by atoms with Gasteiger partial charge in [0.15, 0.2) is 5.82 Å². The van der Waals surface area contributed by atoms with E-state index in [9.17, 15) is 17.6 Å². The first kappa shape index (κ1) is 11.9. The van der Waals surface area contributed by atoms with E-state index in [0.29, 0.717) is 0 Å². The van der Waals surface area contributed by atoms with E-state index in [-0.39, 0.29) is 10.0 Å². The Morgan fingerprint density at radius 1 is 1.07 bits per heavy atom. The summed E-state index contributed by atoms with van der Waals surface area (Å²) in [6, 6.07) is 2.21. The van der Waals surface area contributed by atoms with E-state index in [1.807, 2.05) is 0 Å². The zero-order valence-electron chi connectivity index (χ0n) is 6.33. The first-order chi connectivity index (χ1) is 6.31. The molecule has 0 saturated heterocycles. The average Bonchev–Trinajstić information content (AvgIpc) is 2.04. The van der Waals surface area contributed by atoms with Crippen molar-refractivity contribution < 1.29 is 17.6 Å². The van der Waals surface area contributed by atoms with Crippen LogP contribution in [0.25, 0.3) is 0 Å². The van der Waals surface area contributed by atoms with Gasteiger partial charge in [0.25, 0.3) is 0 Å². The average molecular weight is 265 g/mol. The third-order valence-electron chi connectivity index (χ3n) is 1.22. The number of benzene rings is 1. The second-order valence-electron chi connectivity index (χ2n) is 2.22. The summed E-state index contributed by atoms with van der Waals surface area (Å²) in [5.41, 5.74) is -4.59. The van der Waals surface area contributed by atoms with Gasteiger partial charge in [0.1, 0.15) is 0 Å². The summed E-state index contributed by atoms with van der Waals surface area (Å²) < 4.78 is 48.8. The number of rotatable bonds is 1. The van der Waals surface area contributed by atoms with Gasteiger partial charge in [-0.1, -0.05) is 23.2 Å². The topological polar surface area (TPSA) is 0 Å². The van der Waals surface area contributed by atoms with Crippen LogP contribution in [-0.4, -0.2) is 5.51 Å². The molecule has 1 aromatic carbocycles. The van der Waals surface area contributed by atoms with Gasteiger partial charge in [0.05, 0.1) is 14.9 Å². The molecular weight excluding hydrogens is 263 g/mol. The number of halogens is 6. The van der Waals surface area contributed by atoms with Crippen LogP contribution in [-0.2, 0) is 0 Å². The standard InChI is InChI=1S/C7H2Cl2F4S/c8-3-1-2-4(9)6(5(3)10)14-7(11,12)13/h1-2H. The first-order valence-electron chi connectivity index (χ1n) is 3.20. The molecule has 0 heterocycles. The molecule has 0 N–H and O–H groups in total. The van der Waals surface area contributed by atoms with E-state index in [1.54, 1.807) is 0 Å². The highest BCUT2D eigenvalue weighted by Crippen LogP contribution is 2.43. The van der Waals surface area contributed by atoms with E-state index in [4.69, 9.17) is 23.2 Å². The molecular formula is C7H2Cl2F4S. The number of alkyl halides is 3. The quantitative estimate of drug-likeness (QED) is 0.401. The van der Waals surface area contributed by atoms with Gasteiger partial charge >= 0.3 is 5.51 Å². The highest BCUT2D eigenvalue weighted by molar-refractivity contribution is 8.00. The van der Waals surface area contributed by atoms with E-state index in [0.717, 1.165) is 12.1 Å². The molecule has 78 valence electrons. The Balaban J connectivity index is 3.13. The number of hydrogen-bond acceptors (Lipinski definition) is 1. The molecule has 0 aliphatic rings. The van der Waals surface area contributed by atoms with Crippen molar-refractivity contribution in [3.05, 3.63) is 28.0 Å². The monoisotopic (exact) mass is 264 g/mol. The summed E-state index contributed by atoms with van der Waals surface area (Å²) in [7, 11) is 0. The highest BCUT2D eigenvalue weighted by atomic mass is 35.5. The predicted molar refractivity (Wildman–Crippen MR) is 48.3 cm³/mol. The van der Waals surface area contributed by atoms with Gasteiger partial charge in [0.2, 0.25) is 0 Å². The fourth-order valence-corrected chi connectivity index (χ4v) is 1.79. The molecule has 0 aliphatic carbocycles. The molecule has 0 spiro atoms. The molecule has 0 unspecified atom stereocenters. The van der Waals surface area contributed by atoms with Crippen molar-refractivity contribution in [2.45, 2.75) is 10.4 Å². The minimum Gasteiger partial charge on any atom is -0.204 e. The molecule has 14 heavy (non-hydrogen) atoms. The highest BCUT2D eigenvalue weighted by Gasteiger charge is 2.32. The summed E-state index contributed by atoms with van der Waals surface area (Å²) in [6.07, 6.45) is 0. The maximum atomic E-state index is 13.1. The lowest BCUT2D eigenvalue weighted by Crippen LogP contribution is -2.01. The second-order valence-corrected chi connectivity index (χ2v) is 4.11. The molecule has 0 fully saturated rings. The third kappa shape index (κ3) is 2.93. The zero-order chi connectivity index (χ0) is 10.9. The number of thioether (sulfide) groups is 1. The third-order valence-corrected chi connectivity index (χ3v) is 2.77. The van der Waals surface area contributed by atoms with Gasteiger partial charge in [-0.05, 0) is 23.9 Å². The molecule has 0 aromatic heterocycles. The SMILES string of the molecule is Fc1c(Cl)ccc(Cl)c1SC(F)(F)F. The molecule has 1 aromatic rings. The van der Waals surface area contributed by atoms with Gasteiger partial charge in [-0.25, -0.2) is 4.39 Å². The summed E-state index contributed by atoms with van der Waals surface area (Å²) in [4.78, 5) is -0.702. The maximum absolute atomic E-state index is 13.1. The lowest BCUT2D eigenvalue weighted by molar-refractivity contribution is -0.0329. The van der Waals surface area contributed by atoms with E-state index < -0.39 is 28.0 Å². The van der Waals surface area contributed by atoms with Crippen LogP contribution in [0.2, 0.25) is 10.0 Å². The molecule has 0 nitrogen and oxygen atoms in total. The summed E-state index contributed by atoms with van der Waals surface area (Å²) >= 11 is 10.1. The zero-order valence-corrected chi connectivity index (χ0v) is 8.66. The van der Waals surface area contributed by atoms with Crippen LogP contribution in [0.5, 0.6) is 0 Å². The fourth-order valence-electron chi connectivity index (χ4n) is 0.718. The van der Waals surface area contributed by atoms with E-state index in [1.165, 1.54) is 0 Å². The normalized spacial score (nSPS) is 11.9. The molecule has 0 radical (unpaired) electrons. The Labute approximate surface area is 91.2 Å². The van der Waals surface area contributed by atoms with Gasteiger partial charge in [0, 0.05) is 0 Å². The molecule has 0 atom stereocenters. The predicted octanol–water partition coefficient (Wildman–Crippen LogP) is 4.74. The molecule has 1 rings (SSSR count). The Kier molecular flexibility index (Phi) is 3.55. The van der Waals surface area contributed by atoms with Gasteiger partial charge < -0.3 is 0 Å². The fraction of sp³-hybridized carbons (Fsp3) is 0.143. The minimum absolute atomic E-state index is 0.311. The molecule has 0 amide bonds. The Bertz CT molecular complexity index is 350. The Morgan fingerprint density at radius 3 is 2.07 bits per heavy atom. The van der Waals surface area contributed by atoms with Crippen LogP contribution in [0.4, 0.5) is 17.6 Å². The lowest BCUT2D eigenvalue weighted by atomic mass is 10.3. The maximum Gasteiger partial charge on any atom is 0.446 e. The van der Waals surface area contributed by atoms with Crippen molar-refractivity contribution in [2.24, 2.45) is 0 Å². The van der Waals surface area contributed by atoms with Crippen molar-refractivity contribution in [1.82, 2.24) is 0 Å². The van der Waals surface area contributed by atoms with Crippen LogP contribution in [0.3, 0.4) is 0 Å². The van der Waals surface area contributed by atoms with Crippen LogP contribution in [0, 0.1) is 5.82 Å². The first-order valence-corrected chi connectivity index (χ1v) is 4.78. The number of hydrogen-bond donors (Lipinski definition) is 0. The smallest absolute Gasteiger partial charge is 0.204 e. The van der Waals surface area contributed by atoms with Crippen molar-refractivity contribution in [3.8, 4) is 0 Å². The van der Waals surface area contributed by atoms with Crippen molar-refractivity contribution in [2.75, 3.05) is 0 Å². The van der Waals surface area contributed by atoms with Gasteiger partial charge in [-0.2, -0.15) is 13.2 Å². The van der Waals surface area contributed by atoms with Crippen LogP contribution in [0.1, 0.15) is 0 Å². The van der Waals surface area contributed by atoms with Crippen molar-refractivity contribution in [1.29, 1.82) is 0 Å². The molecule has 0 bridgehead atoms. The van der Waals surface area contributed by atoms with E-state index in [2.05, 4.69) is 0 Å². The molecule has 7 heteroatoms. The van der Waals surface area contributed by atoms with Gasteiger partial charge in [-0.15, -0.1) is 0 Å². The van der Waals surface area contributed by atoms with Crippen molar-refractivity contribution >= 4 is 35.0 Å². The van der Waals surface area contributed by atoms with Crippen LogP contribution < -0.4 is 0 Å². The van der Waals surface area contributed by atoms with Crippen LogP contribution in [0.15, 0.2) is 17.0 Å². The largest absolute Gasteiger partial charge is 0.446 e. The Hall–Kier alpha value is -0.130. The summed E-state index contributed by atoms with van der Waals surface area (Å²) in [5.74, 6) is -1.15. The molecule has 0 saturated carbocycles. The van der Waals surface area contributed by atoms with Gasteiger partial charge in [-0.3, -0.25) is 0 Å².